The zero-order valence-electron chi connectivity index (χ0n) is 12.3. The van der Waals surface area contributed by atoms with Crippen molar-refractivity contribution < 1.29 is 4.39 Å². The second-order valence-corrected chi connectivity index (χ2v) is 6.33. The van der Waals surface area contributed by atoms with Gasteiger partial charge in [-0.15, -0.1) is 0 Å². The van der Waals surface area contributed by atoms with Gasteiger partial charge in [-0.05, 0) is 69.8 Å². The third-order valence-corrected chi connectivity index (χ3v) is 4.89. The molecule has 0 radical (unpaired) electrons. The quantitative estimate of drug-likeness (QED) is 0.909. The summed E-state index contributed by atoms with van der Waals surface area (Å²) in [6.07, 6.45) is 6.18. The summed E-state index contributed by atoms with van der Waals surface area (Å²) in [7, 11) is 0. The first kappa shape index (κ1) is 14.0. The maximum Gasteiger partial charge on any atom is 0.123 e. The van der Waals surface area contributed by atoms with Crippen LogP contribution < -0.4 is 5.32 Å². The highest BCUT2D eigenvalue weighted by atomic mass is 19.1. The molecule has 2 heterocycles. The first-order valence-corrected chi connectivity index (χ1v) is 7.97. The van der Waals surface area contributed by atoms with Gasteiger partial charge in [0.1, 0.15) is 5.82 Å². The van der Waals surface area contributed by atoms with Gasteiger partial charge in [-0.25, -0.2) is 4.39 Å². The van der Waals surface area contributed by atoms with E-state index in [1.165, 1.54) is 44.8 Å². The van der Waals surface area contributed by atoms with Gasteiger partial charge in [-0.2, -0.15) is 0 Å². The lowest BCUT2D eigenvalue weighted by Crippen LogP contribution is -2.48. The van der Waals surface area contributed by atoms with E-state index in [1.54, 1.807) is 6.07 Å². The van der Waals surface area contributed by atoms with Crippen LogP contribution in [0, 0.1) is 5.82 Å². The molecule has 3 atom stereocenters. The van der Waals surface area contributed by atoms with Crippen molar-refractivity contribution in [3.05, 3.63) is 35.6 Å². The first-order valence-electron chi connectivity index (χ1n) is 7.97. The van der Waals surface area contributed by atoms with Crippen LogP contribution in [0.4, 0.5) is 4.39 Å². The number of benzene rings is 1. The molecule has 0 aromatic heterocycles. The molecule has 0 bridgehead atoms. The van der Waals surface area contributed by atoms with Crippen LogP contribution in [0.2, 0.25) is 0 Å². The van der Waals surface area contributed by atoms with Crippen molar-refractivity contribution in [1.29, 1.82) is 0 Å². The van der Waals surface area contributed by atoms with Crippen LogP contribution in [0.15, 0.2) is 24.3 Å². The molecule has 2 nitrogen and oxygen atoms in total. The molecule has 1 N–H and O–H groups in total. The molecule has 2 saturated heterocycles. The van der Waals surface area contributed by atoms with Gasteiger partial charge in [0.2, 0.25) is 0 Å². The summed E-state index contributed by atoms with van der Waals surface area (Å²) in [6, 6.07) is 8.90. The summed E-state index contributed by atoms with van der Waals surface area (Å²) in [6.45, 7) is 4.66. The van der Waals surface area contributed by atoms with Crippen LogP contribution in [0.25, 0.3) is 0 Å². The summed E-state index contributed by atoms with van der Waals surface area (Å²) in [5.41, 5.74) is 1.11. The minimum atomic E-state index is -0.120. The predicted molar refractivity (Wildman–Crippen MR) is 80.3 cm³/mol. The standard InChI is InChI=1S/C17H25FN2/c1-13(11-14-5-2-6-15(18)12-14)20-10-4-8-17(20)16-7-3-9-19-16/h2,5-6,12-13,16-17,19H,3-4,7-11H2,1H3. The molecule has 3 heteroatoms. The van der Waals surface area contributed by atoms with Crippen LogP contribution >= 0.6 is 0 Å². The number of hydrogen-bond donors (Lipinski definition) is 1. The van der Waals surface area contributed by atoms with E-state index < -0.39 is 0 Å². The number of nitrogens with zero attached hydrogens (tertiary/aromatic N) is 1. The summed E-state index contributed by atoms with van der Waals surface area (Å²) in [5.74, 6) is -0.120. The minimum Gasteiger partial charge on any atom is -0.312 e. The van der Waals surface area contributed by atoms with Gasteiger partial charge in [-0.3, -0.25) is 4.90 Å². The lowest BCUT2D eigenvalue weighted by molar-refractivity contribution is 0.162. The highest BCUT2D eigenvalue weighted by Gasteiger charge is 2.35. The molecule has 0 spiro atoms. The van der Waals surface area contributed by atoms with Gasteiger partial charge >= 0.3 is 0 Å². The molecule has 1 aromatic rings. The van der Waals surface area contributed by atoms with Gasteiger partial charge in [0.15, 0.2) is 0 Å². The molecule has 20 heavy (non-hydrogen) atoms. The highest BCUT2D eigenvalue weighted by Crippen LogP contribution is 2.27. The molecule has 3 rings (SSSR count). The van der Waals surface area contributed by atoms with Crippen LogP contribution in [-0.2, 0) is 6.42 Å². The second kappa shape index (κ2) is 6.23. The molecule has 2 aliphatic rings. The van der Waals surface area contributed by atoms with Crippen LogP contribution in [0.1, 0.15) is 38.2 Å². The average molecular weight is 276 g/mol. The normalized spacial score (nSPS) is 28.9. The van der Waals surface area contributed by atoms with Crippen molar-refractivity contribution in [2.24, 2.45) is 0 Å². The Balaban J connectivity index is 1.64. The SMILES string of the molecule is CC(Cc1cccc(F)c1)N1CCCC1C1CCCN1. The predicted octanol–water partition coefficient (Wildman–Crippen LogP) is 2.97. The number of nitrogens with one attached hydrogen (secondary N) is 1. The average Bonchev–Trinajstić information content (AvgIpc) is 3.09. The zero-order chi connectivity index (χ0) is 13.9. The van der Waals surface area contributed by atoms with E-state index in [0.29, 0.717) is 18.1 Å². The Hall–Kier alpha value is -0.930. The van der Waals surface area contributed by atoms with Crippen LogP contribution in [0.5, 0.6) is 0 Å². The number of halogens is 1. The Kier molecular flexibility index (Phi) is 4.37. The molecule has 1 aromatic carbocycles. The maximum atomic E-state index is 13.3. The second-order valence-electron chi connectivity index (χ2n) is 6.33. The third-order valence-electron chi connectivity index (χ3n) is 4.89. The summed E-state index contributed by atoms with van der Waals surface area (Å²) in [5, 5.41) is 3.65. The number of likely N-dealkylation sites (tertiary alicyclic amines) is 1. The molecule has 0 aliphatic carbocycles. The van der Waals surface area contributed by atoms with E-state index >= 15 is 0 Å². The number of hydrogen-bond acceptors (Lipinski definition) is 2. The van der Waals surface area contributed by atoms with E-state index in [-0.39, 0.29) is 5.82 Å². The molecular weight excluding hydrogens is 251 g/mol. The molecule has 2 aliphatic heterocycles. The smallest absolute Gasteiger partial charge is 0.123 e. The topological polar surface area (TPSA) is 15.3 Å². The Bertz CT molecular complexity index is 442. The third kappa shape index (κ3) is 3.04. The molecule has 110 valence electrons. The zero-order valence-corrected chi connectivity index (χ0v) is 12.3. The fourth-order valence-electron chi connectivity index (χ4n) is 3.96. The van der Waals surface area contributed by atoms with Crippen molar-refractivity contribution in [3.8, 4) is 0 Å². The van der Waals surface area contributed by atoms with Gasteiger partial charge < -0.3 is 5.32 Å². The van der Waals surface area contributed by atoms with Crippen molar-refractivity contribution in [3.63, 3.8) is 0 Å². The monoisotopic (exact) mass is 276 g/mol. The lowest BCUT2D eigenvalue weighted by Gasteiger charge is -2.34. The van der Waals surface area contributed by atoms with Crippen molar-refractivity contribution in [2.75, 3.05) is 13.1 Å². The fourth-order valence-corrected chi connectivity index (χ4v) is 3.96. The van der Waals surface area contributed by atoms with E-state index in [0.717, 1.165) is 12.0 Å². The molecule has 2 fully saturated rings. The van der Waals surface area contributed by atoms with Crippen LogP contribution in [-0.4, -0.2) is 36.1 Å². The van der Waals surface area contributed by atoms with E-state index in [9.17, 15) is 4.39 Å². The van der Waals surface area contributed by atoms with E-state index in [2.05, 4.69) is 17.1 Å². The largest absolute Gasteiger partial charge is 0.312 e. The van der Waals surface area contributed by atoms with Crippen molar-refractivity contribution >= 4 is 0 Å². The van der Waals surface area contributed by atoms with Crippen molar-refractivity contribution in [1.82, 2.24) is 10.2 Å². The molecule has 0 saturated carbocycles. The molecular formula is C17H25FN2. The van der Waals surface area contributed by atoms with E-state index in [1.807, 2.05) is 12.1 Å². The van der Waals surface area contributed by atoms with Gasteiger partial charge in [-0.1, -0.05) is 12.1 Å². The number of rotatable bonds is 4. The van der Waals surface area contributed by atoms with Crippen molar-refractivity contribution in [2.45, 2.75) is 57.2 Å². The summed E-state index contributed by atoms with van der Waals surface area (Å²) >= 11 is 0. The van der Waals surface area contributed by atoms with Gasteiger partial charge in [0.25, 0.3) is 0 Å². The highest BCUT2D eigenvalue weighted by molar-refractivity contribution is 5.17. The lowest BCUT2D eigenvalue weighted by atomic mass is 10.0. The first-order chi connectivity index (χ1) is 9.74. The van der Waals surface area contributed by atoms with Crippen LogP contribution in [0.3, 0.4) is 0 Å². The Morgan fingerprint density at radius 1 is 1.35 bits per heavy atom. The molecule has 3 unspecified atom stereocenters. The van der Waals surface area contributed by atoms with Gasteiger partial charge in [0.05, 0.1) is 0 Å². The summed E-state index contributed by atoms with van der Waals surface area (Å²) in [4.78, 5) is 2.65. The van der Waals surface area contributed by atoms with Gasteiger partial charge in [0, 0.05) is 18.1 Å². The molecule has 0 amide bonds. The fraction of sp³-hybridized carbons (Fsp3) is 0.647. The Morgan fingerprint density at radius 2 is 2.25 bits per heavy atom. The Morgan fingerprint density at radius 3 is 3.00 bits per heavy atom. The Labute approximate surface area is 121 Å². The summed E-state index contributed by atoms with van der Waals surface area (Å²) < 4.78 is 13.3. The minimum absolute atomic E-state index is 0.120. The maximum absolute atomic E-state index is 13.3. The van der Waals surface area contributed by atoms with E-state index in [4.69, 9.17) is 0 Å².